The molecule has 3 rings (SSSR count). The molecule has 0 amide bonds. The van der Waals surface area contributed by atoms with Crippen molar-refractivity contribution in [2.75, 3.05) is 6.61 Å². The first-order valence-corrected chi connectivity index (χ1v) is 9.03. The summed E-state index contributed by atoms with van der Waals surface area (Å²) in [5.74, 6) is -0.312. The summed E-state index contributed by atoms with van der Waals surface area (Å²) in [7, 11) is 1.72. The fraction of sp³-hybridized carbons (Fsp3) is 0.273. The van der Waals surface area contributed by atoms with Crippen molar-refractivity contribution in [3.63, 3.8) is 0 Å². The number of aryl methyl sites for hydroxylation is 1. The van der Waals surface area contributed by atoms with Gasteiger partial charge >= 0.3 is 0 Å². The van der Waals surface area contributed by atoms with E-state index in [-0.39, 0.29) is 6.61 Å². The molecule has 3 aromatic rings. The Bertz CT molecular complexity index is 921. The zero-order valence-corrected chi connectivity index (χ0v) is 15.9. The number of hydrogen-bond donors (Lipinski definition) is 2. The van der Waals surface area contributed by atoms with Crippen LogP contribution >= 0.6 is 0 Å². The quantitative estimate of drug-likeness (QED) is 0.628. The van der Waals surface area contributed by atoms with Crippen molar-refractivity contribution in [3.05, 3.63) is 78.4 Å². The van der Waals surface area contributed by atoms with E-state index in [1.54, 1.807) is 17.8 Å². The number of aliphatic hydroxyl groups excluding tert-OH is 2. The van der Waals surface area contributed by atoms with Gasteiger partial charge in [-0.15, -0.1) is 0 Å². The number of ether oxygens (including phenoxy) is 1. The summed E-state index contributed by atoms with van der Waals surface area (Å²) in [6.07, 6.45) is 1.89. The molecule has 2 N–H and O–H groups in total. The van der Waals surface area contributed by atoms with E-state index in [4.69, 9.17) is 4.74 Å². The molecule has 146 valence electrons. The molecule has 0 aliphatic rings. The minimum atomic E-state index is -1.62. The molecule has 0 unspecified atom stereocenters. The number of Topliss-reactive ketones (excluding diaryl/α,β-unsaturated/α-hetero) is 1. The van der Waals surface area contributed by atoms with Crippen LogP contribution in [0.4, 0.5) is 0 Å². The summed E-state index contributed by atoms with van der Waals surface area (Å²) in [6.45, 7) is 0.854. The first-order valence-electron chi connectivity index (χ1n) is 9.03. The molecule has 0 saturated heterocycles. The molecule has 6 nitrogen and oxygen atoms in total. The van der Waals surface area contributed by atoms with E-state index in [0.29, 0.717) is 5.82 Å². The number of aliphatic hydroxyl groups is 2. The average molecular weight is 380 g/mol. The molecule has 0 aliphatic carbocycles. The zero-order valence-electron chi connectivity index (χ0n) is 15.9. The summed E-state index contributed by atoms with van der Waals surface area (Å²) >= 11 is 0. The van der Waals surface area contributed by atoms with E-state index in [9.17, 15) is 15.0 Å². The van der Waals surface area contributed by atoms with Gasteiger partial charge in [-0.1, -0.05) is 54.6 Å². The van der Waals surface area contributed by atoms with Crippen molar-refractivity contribution in [2.45, 2.75) is 25.2 Å². The summed E-state index contributed by atoms with van der Waals surface area (Å²) in [5, 5.41) is 20.1. The van der Waals surface area contributed by atoms with Gasteiger partial charge in [0.05, 0.1) is 6.61 Å². The number of ketones is 1. The average Bonchev–Trinajstić information content (AvgIpc) is 3.17. The van der Waals surface area contributed by atoms with Gasteiger partial charge in [0.25, 0.3) is 0 Å². The Morgan fingerprint density at radius 3 is 2.36 bits per heavy atom. The summed E-state index contributed by atoms with van der Waals surface area (Å²) in [6, 6.07) is 17.8. The lowest BCUT2D eigenvalue weighted by Gasteiger charge is -2.32. The molecule has 0 fully saturated rings. The van der Waals surface area contributed by atoms with Gasteiger partial charge in [0, 0.05) is 19.4 Å². The minimum Gasteiger partial charge on any atom is -0.388 e. The van der Waals surface area contributed by atoms with Gasteiger partial charge in [0.15, 0.2) is 11.4 Å². The van der Waals surface area contributed by atoms with E-state index in [1.165, 1.54) is 13.1 Å². The molecule has 28 heavy (non-hydrogen) atoms. The Labute approximate surface area is 164 Å². The Kier molecular flexibility index (Phi) is 6.04. The van der Waals surface area contributed by atoms with E-state index in [0.717, 1.165) is 16.7 Å². The largest absolute Gasteiger partial charge is 0.388 e. The molecule has 2 aromatic carbocycles. The van der Waals surface area contributed by atoms with Crippen LogP contribution in [0.5, 0.6) is 0 Å². The van der Waals surface area contributed by atoms with Crippen LogP contribution in [0.25, 0.3) is 11.1 Å². The smallest absolute Gasteiger partial charge is 0.192 e. The zero-order chi connectivity index (χ0) is 20.1. The molecule has 6 heteroatoms. The molecule has 0 aliphatic heterocycles. The third-order valence-electron chi connectivity index (χ3n) is 4.92. The highest BCUT2D eigenvalue weighted by Crippen LogP contribution is 2.30. The topological polar surface area (TPSA) is 84.6 Å². The van der Waals surface area contributed by atoms with Crippen molar-refractivity contribution >= 4 is 5.78 Å². The number of benzene rings is 2. The second kappa shape index (κ2) is 8.48. The first-order chi connectivity index (χ1) is 13.5. The maximum atomic E-state index is 12.4. The second-order valence-corrected chi connectivity index (χ2v) is 6.84. The van der Waals surface area contributed by atoms with Gasteiger partial charge in [-0.05, 0) is 23.6 Å². The monoisotopic (exact) mass is 380 g/mol. The molecule has 0 saturated carbocycles. The standard InChI is InChI=1S/C22H24N2O4/c1-22(19(26)14-25,20(27)21-23-12-13-24(21)2)28-15-16-8-10-18(11-9-16)17-6-4-3-5-7-17/h3-13,20,25,27H,14-15H2,1-2H3/t20-,22+/m0/s1. The van der Waals surface area contributed by atoms with E-state index < -0.39 is 24.1 Å². The number of aromatic nitrogens is 2. The van der Waals surface area contributed by atoms with Crippen molar-refractivity contribution in [1.29, 1.82) is 0 Å². The van der Waals surface area contributed by atoms with Crippen molar-refractivity contribution in [2.24, 2.45) is 7.05 Å². The Balaban J connectivity index is 1.77. The van der Waals surface area contributed by atoms with Gasteiger partial charge < -0.3 is 19.5 Å². The SMILES string of the molecule is Cn1ccnc1[C@H](O)[C@](C)(OCc1ccc(-c2ccccc2)cc1)C(=O)CO. The number of hydrogen-bond acceptors (Lipinski definition) is 5. The third kappa shape index (κ3) is 4.04. The number of nitrogens with zero attached hydrogens (tertiary/aromatic N) is 2. The molecule has 1 aromatic heterocycles. The maximum absolute atomic E-state index is 12.4. The predicted octanol–water partition coefficient (Wildman–Crippen LogP) is 2.66. The lowest BCUT2D eigenvalue weighted by atomic mass is 9.92. The van der Waals surface area contributed by atoms with Crippen molar-refractivity contribution in [3.8, 4) is 11.1 Å². The molecular weight excluding hydrogens is 356 g/mol. The van der Waals surface area contributed by atoms with Crippen molar-refractivity contribution in [1.82, 2.24) is 9.55 Å². The highest BCUT2D eigenvalue weighted by atomic mass is 16.5. The number of carbonyl (C=O) groups excluding carboxylic acids is 1. The highest BCUT2D eigenvalue weighted by Gasteiger charge is 2.43. The van der Waals surface area contributed by atoms with Crippen LogP contribution in [-0.2, 0) is 23.2 Å². The number of imidazole rings is 1. The van der Waals surface area contributed by atoms with Gasteiger partial charge in [0.2, 0.25) is 0 Å². The van der Waals surface area contributed by atoms with Gasteiger partial charge in [-0.3, -0.25) is 4.79 Å². The van der Waals surface area contributed by atoms with Crippen LogP contribution in [0.1, 0.15) is 24.4 Å². The van der Waals surface area contributed by atoms with E-state index >= 15 is 0 Å². The van der Waals surface area contributed by atoms with Crippen LogP contribution in [0.15, 0.2) is 67.0 Å². The fourth-order valence-electron chi connectivity index (χ4n) is 3.01. The normalized spacial score (nSPS) is 14.4. The predicted molar refractivity (Wildman–Crippen MR) is 105 cm³/mol. The Morgan fingerprint density at radius 2 is 1.79 bits per heavy atom. The summed E-state index contributed by atoms with van der Waals surface area (Å²) < 4.78 is 7.46. The molecule has 0 radical (unpaired) electrons. The lowest BCUT2D eigenvalue weighted by molar-refractivity contribution is -0.167. The van der Waals surface area contributed by atoms with E-state index in [1.807, 2.05) is 54.6 Å². The lowest BCUT2D eigenvalue weighted by Crippen LogP contribution is -2.46. The number of rotatable bonds is 8. The number of carbonyl (C=O) groups is 1. The highest BCUT2D eigenvalue weighted by molar-refractivity contribution is 5.88. The Morgan fingerprint density at radius 1 is 1.14 bits per heavy atom. The Hall–Kier alpha value is -2.80. The summed E-state index contributed by atoms with van der Waals surface area (Å²) in [5.41, 5.74) is 1.42. The maximum Gasteiger partial charge on any atom is 0.192 e. The minimum absolute atomic E-state index is 0.110. The molecular formula is C22H24N2O4. The third-order valence-corrected chi connectivity index (χ3v) is 4.92. The van der Waals surface area contributed by atoms with Crippen molar-refractivity contribution < 1.29 is 19.7 Å². The molecule has 1 heterocycles. The second-order valence-electron chi connectivity index (χ2n) is 6.84. The summed E-state index contributed by atoms with van der Waals surface area (Å²) in [4.78, 5) is 16.5. The molecule has 0 bridgehead atoms. The molecule has 2 atom stereocenters. The van der Waals surface area contributed by atoms with Crippen LogP contribution < -0.4 is 0 Å². The van der Waals surface area contributed by atoms with Gasteiger partial charge in [0.1, 0.15) is 18.5 Å². The van der Waals surface area contributed by atoms with Gasteiger partial charge in [-0.25, -0.2) is 4.98 Å². The fourth-order valence-corrected chi connectivity index (χ4v) is 3.01. The van der Waals surface area contributed by atoms with Crippen LogP contribution in [-0.4, -0.2) is 37.8 Å². The molecule has 0 spiro atoms. The van der Waals surface area contributed by atoms with Crippen LogP contribution in [0.2, 0.25) is 0 Å². The first kappa shape index (κ1) is 19.9. The van der Waals surface area contributed by atoms with Crippen LogP contribution in [0.3, 0.4) is 0 Å². The van der Waals surface area contributed by atoms with Crippen LogP contribution in [0, 0.1) is 0 Å². The van der Waals surface area contributed by atoms with Gasteiger partial charge in [-0.2, -0.15) is 0 Å². The van der Waals surface area contributed by atoms with E-state index in [2.05, 4.69) is 4.98 Å².